The lowest BCUT2D eigenvalue weighted by molar-refractivity contribution is -0.137. The largest absolute Gasteiger partial charge is 0.339 e. The zero-order chi connectivity index (χ0) is 12.5. The van der Waals surface area contributed by atoms with Crippen molar-refractivity contribution in [3.63, 3.8) is 0 Å². The zero-order valence-corrected chi connectivity index (χ0v) is 11.3. The van der Waals surface area contributed by atoms with Gasteiger partial charge in [0, 0.05) is 12.6 Å². The fourth-order valence-electron chi connectivity index (χ4n) is 1.68. The Bertz CT molecular complexity index is 251. The third-order valence-electron chi connectivity index (χ3n) is 3.26. The minimum absolute atomic E-state index is 0.106. The van der Waals surface area contributed by atoms with E-state index >= 15 is 0 Å². The van der Waals surface area contributed by atoms with Gasteiger partial charge in [0.25, 0.3) is 0 Å². The standard InChI is InChI=1S/C13H26N2O/c1-9(2)15(8-10-6-7-10)12(16)11(14)13(3,4)5/h9-11H,6-8,14H2,1-5H3. The molecule has 1 atom stereocenters. The molecular formula is C13H26N2O. The summed E-state index contributed by atoms with van der Waals surface area (Å²) in [5, 5.41) is 0. The van der Waals surface area contributed by atoms with Gasteiger partial charge in [0.1, 0.15) is 0 Å². The van der Waals surface area contributed by atoms with Gasteiger partial charge in [-0.1, -0.05) is 20.8 Å². The van der Waals surface area contributed by atoms with E-state index in [0.717, 1.165) is 12.5 Å². The smallest absolute Gasteiger partial charge is 0.240 e. The topological polar surface area (TPSA) is 46.3 Å². The maximum Gasteiger partial charge on any atom is 0.240 e. The molecular weight excluding hydrogens is 200 g/mol. The molecule has 1 fully saturated rings. The molecule has 16 heavy (non-hydrogen) atoms. The van der Waals surface area contributed by atoms with E-state index in [9.17, 15) is 4.79 Å². The minimum atomic E-state index is -0.395. The van der Waals surface area contributed by atoms with Crippen LogP contribution in [0, 0.1) is 11.3 Å². The number of carbonyl (C=O) groups excluding carboxylic acids is 1. The number of hydrogen-bond donors (Lipinski definition) is 1. The van der Waals surface area contributed by atoms with E-state index in [4.69, 9.17) is 5.73 Å². The van der Waals surface area contributed by atoms with Crippen LogP contribution in [0.4, 0.5) is 0 Å². The Morgan fingerprint density at radius 3 is 2.19 bits per heavy atom. The highest BCUT2D eigenvalue weighted by Gasteiger charge is 2.34. The van der Waals surface area contributed by atoms with Gasteiger partial charge in [0.2, 0.25) is 5.91 Å². The first-order valence-electron chi connectivity index (χ1n) is 6.29. The molecule has 1 unspecified atom stereocenters. The lowest BCUT2D eigenvalue weighted by atomic mass is 9.86. The molecule has 1 rings (SSSR count). The molecule has 3 nitrogen and oxygen atoms in total. The molecule has 1 aliphatic rings. The fourth-order valence-corrected chi connectivity index (χ4v) is 1.68. The predicted molar refractivity (Wildman–Crippen MR) is 67.0 cm³/mol. The van der Waals surface area contributed by atoms with Crippen molar-refractivity contribution in [3.8, 4) is 0 Å². The Morgan fingerprint density at radius 2 is 1.88 bits per heavy atom. The summed E-state index contributed by atoms with van der Waals surface area (Å²) in [7, 11) is 0. The lowest BCUT2D eigenvalue weighted by Crippen LogP contribution is -2.52. The maximum atomic E-state index is 12.3. The molecule has 94 valence electrons. The normalized spacial score (nSPS) is 18.7. The van der Waals surface area contributed by atoms with Crippen LogP contribution >= 0.6 is 0 Å². The lowest BCUT2D eigenvalue weighted by Gasteiger charge is -2.34. The van der Waals surface area contributed by atoms with Crippen molar-refractivity contribution in [2.75, 3.05) is 6.54 Å². The van der Waals surface area contributed by atoms with Crippen molar-refractivity contribution in [2.45, 2.75) is 59.5 Å². The van der Waals surface area contributed by atoms with Gasteiger partial charge in [0.15, 0.2) is 0 Å². The molecule has 3 heteroatoms. The van der Waals surface area contributed by atoms with Crippen molar-refractivity contribution in [2.24, 2.45) is 17.1 Å². The molecule has 0 aliphatic heterocycles. The van der Waals surface area contributed by atoms with Crippen molar-refractivity contribution >= 4 is 5.91 Å². The van der Waals surface area contributed by atoms with Crippen LogP contribution in [0.15, 0.2) is 0 Å². The van der Waals surface area contributed by atoms with Gasteiger partial charge >= 0.3 is 0 Å². The van der Waals surface area contributed by atoms with Crippen molar-refractivity contribution in [3.05, 3.63) is 0 Å². The molecule has 0 saturated heterocycles. The first-order valence-corrected chi connectivity index (χ1v) is 6.29. The van der Waals surface area contributed by atoms with Gasteiger partial charge < -0.3 is 10.6 Å². The Labute approximate surface area is 99.4 Å². The highest BCUT2D eigenvalue weighted by molar-refractivity contribution is 5.82. The summed E-state index contributed by atoms with van der Waals surface area (Å²) in [5.74, 6) is 0.827. The minimum Gasteiger partial charge on any atom is -0.339 e. The van der Waals surface area contributed by atoms with Crippen LogP contribution < -0.4 is 5.73 Å². The van der Waals surface area contributed by atoms with Gasteiger partial charge in [0.05, 0.1) is 6.04 Å². The molecule has 1 aliphatic carbocycles. The molecule has 0 aromatic heterocycles. The van der Waals surface area contributed by atoms with Gasteiger partial charge in [-0.2, -0.15) is 0 Å². The summed E-state index contributed by atoms with van der Waals surface area (Å²) in [6.45, 7) is 11.1. The molecule has 0 heterocycles. The number of hydrogen-bond acceptors (Lipinski definition) is 2. The highest BCUT2D eigenvalue weighted by Crippen LogP contribution is 2.31. The van der Waals surface area contributed by atoms with Gasteiger partial charge in [-0.15, -0.1) is 0 Å². The monoisotopic (exact) mass is 226 g/mol. The zero-order valence-electron chi connectivity index (χ0n) is 11.3. The van der Waals surface area contributed by atoms with E-state index in [-0.39, 0.29) is 17.4 Å². The summed E-state index contributed by atoms with van der Waals surface area (Å²) < 4.78 is 0. The molecule has 1 amide bonds. The molecule has 1 saturated carbocycles. The van der Waals surface area contributed by atoms with E-state index < -0.39 is 6.04 Å². The average molecular weight is 226 g/mol. The van der Waals surface area contributed by atoms with Crippen LogP contribution in [0.25, 0.3) is 0 Å². The van der Waals surface area contributed by atoms with Crippen molar-refractivity contribution < 1.29 is 4.79 Å². The second-order valence-electron chi connectivity index (χ2n) is 6.37. The summed E-state index contributed by atoms with van der Waals surface area (Å²) in [6.07, 6.45) is 2.53. The first-order chi connectivity index (χ1) is 7.23. The van der Waals surface area contributed by atoms with E-state index in [1.807, 2.05) is 25.7 Å². The van der Waals surface area contributed by atoms with Crippen molar-refractivity contribution in [1.29, 1.82) is 0 Å². The molecule has 0 spiro atoms. The summed E-state index contributed by atoms with van der Waals surface area (Å²) in [5.41, 5.74) is 5.88. The van der Waals surface area contributed by atoms with Crippen LogP contribution in [-0.4, -0.2) is 29.4 Å². The second-order valence-corrected chi connectivity index (χ2v) is 6.37. The number of amides is 1. The van der Waals surface area contributed by atoms with E-state index in [2.05, 4.69) is 13.8 Å². The summed E-state index contributed by atoms with van der Waals surface area (Å²) >= 11 is 0. The van der Waals surface area contributed by atoms with Crippen LogP contribution in [0.3, 0.4) is 0 Å². The number of nitrogens with two attached hydrogens (primary N) is 1. The molecule has 0 bridgehead atoms. The first kappa shape index (κ1) is 13.5. The highest BCUT2D eigenvalue weighted by atomic mass is 16.2. The Balaban J connectivity index is 2.65. The molecule has 0 aromatic carbocycles. The number of nitrogens with zero attached hydrogens (tertiary/aromatic N) is 1. The summed E-state index contributed by atoms with van der Waals surface area (Å²) in [6, 6.07) is -0.143. The van der Waals surface area contributed by atoms with Gasteiger partial charge in [-0.3, -0.25) is 4.79 Å². The predicted octanol–water partition coefficient (Wildman–Crippen LogP) is 2.01. The number of rotatable bonds is 4. The third kappa shape index (κ3) is 3.48. The van der Waals surface area contributed by atoms with Gasteiger partial charge in [-0.05, 0) is 38.0 Å². The Kier molecular flexibility index (Phi) is 4.00. The van der Waals surface area contributed by atoms with Crippen LogP contribution in [-0.2, 0) is 4.79 Å². The number of carbonyl (C=O) groups is 1. The van der Waals surface area contributed by atoms with Crippen molar-refractivity contribution in [1.82, 2.24) is 4.90 Å². The van der Waals surface area contributed by atoms with Crippen LogP contribution in [0.2, 0.25) is 0 Å². The third-order valence-corrected chi connectivity index (χ3v) is 3.26. The average Bonchev–Trinajstić information content (AvgIpc) is 2.93. The Hall–Kier alpha value is -0.570. The SMILES string of the molecule is CC(C)N(CC1CC1)C(=O)C(N)C(C)(C)C. The molecule has 0 aromatic rings. The van der Waals surface area contributed by atoms with E-state index in [1.54, 1.807) is 0 Å². The summed E-state index contributed by atoms with van der Waals surface area (Å²) in [4.78, 5) is 14.2. The van der Waals surface area contributed by atoms with Crippen LogP contribution in [0.5, 0.6) is 0 Å². The molecule has 2 N–H and O–H groups in total. The fraction of sp³-hybridized carbons (Fsp3) is 0.923. The van der Waals surface area contributed by atoms with Crippen LogP contribution in [0.1, 0.15) is 47.5 Å². The van der Waals surface area contributed by atoms with Gasteiger partial charge in [-0.25, -0.2) is 0 Å². The Morgan fingerprint density at radius 1 is 1.38 bits per heavy atom. The van der Waals surface area contributed by atoms with E-state index in [0.29, 0.717) is 0 Å². The molecule has 0 radical (unpaired) electrons. The second kappa shape index (κ2) is 4.74. The maximum absolute atomic E-state index is 12.3. The quantitative estimate of drug-likeness (QED) is 0.797. The van der Waals surface area contributed by atoms with E-state index in [1.165, 1.54) is 12.8 Å².